The highest BCUT2D eigenvalue weighted by molar-refractivity contribution is 7.92. The zero-order valence-electron chi connectivity index (χ0n) is 18.8. The lowest BCUT2D eigenvalue weighted by Gasteiger charge is -2.15. The number of benzene rings is 1. The Balaban J connectivity index is 2.20. The smallest absolute Gasteiger partial charge is 0.346 e. The molecule has 1 aromatic heterocycles. The molecule has 0 aliphatic heterocycles. The van der Waals surface area contributed by atoms with E-state index in [1.165, 1.54) is 19.1 Å². The van der Waals surface area contributed by atoms with Crippen LogP contribution in [0, 0.1) is 17.6 Å². The number of nitrogens with one attached hydrogen (secondary N) is 2. The fraction of sp³-hybridized carbons (Fsp3) is 0.364. The number of nitrogens with zero attached hydrogens (tertiary/aromatic N) is 1. The third kappa shape index (κ3) is 7.79. The summed E-state index contributed by atoms with van der Waals surface area (Å²) in [6.45, 7) is 5.09. The zero-order chi connectivity index (χ0) is 25.8. The number of hydrogen-bond donors (Lipinski definition) is 2. The molecular formula is C22H24F5N3O3S. The summed E-state index contributed by atoms with van der Waals surface area (Å²) in [5, 5.41) is 2.49. The highest BCUT2D eigenvalue weighted by Crippen LogP contribution is 2.29. The van der Waals surface area contributed by atoms with Crippen molar-refractivity contribution in [2.75, 3.05) is 11.0 Å². The molecule has 0 aliphatic carbocycles. The van der Waals surface area contributed by atoms with Crippen LogP contribution in [0.3, 0.4) is 0 Å². The molecule has 34 heavy (non-hydrogen) atoms. The summed E-state index contributed by atoms with van der Waals surface area (Å²) in [5.74, 6) is -2.97. The van der Waals surface area contributed by atoms with Crippen LogP contribution in [-0.2, 0) is 27.4 Å². The normalized spacial score (nSPS) is 13.4. The minimum absolute atomic E-state index is 0.0157. The number of carbonyl (C=O) groups excluding carboxylic acids is 1. The lowest BCUT2D eigenvalue weighted by molar-refractivity contribution is -0.141. The van der Waals surface area contributed by atoms with Crippen LogP contribution in [0.2, 0.25) is 0 Å². The number of halogens is 5. The van der Waals surface area contributed by atoms with Gasteiger partial charge in [0.15, 0.2) is 11.6 Å². The van der Waals surface area contributed by atoms with Crippen LogP contribution in [0.4, 0.5) is 27.6 Å². The number of pyridine rings is 1. The molecule has 1 aromatic carbocycles. The molecule has 0 saturated carbocycles. The largest absolute Gasteiger partial charge is 0.433 e. The Morgan fingerprint density at radius 1 is 1.12 bits per heavy atom. The number of anilines is 1. The van der Waals surface area contributed by atoms with E-state index < -0.39 is 51.2 Å². The highest BCUT2D eigenvalue weighted by Gasteiger charge is 2.33. The summed E-state index contributed by atoms with van der Waals surface area (Å²) in [7, 11) is -3.91. The summed E-state index contributed by atoms with van der Waals surface area (Å²) in [4.78, 5) is 16.0. The Morgan fingerprint density at radius 2 is 1.71 bits per heavy atom. The van der Waals surface area contributed by atoms with Crippen molar-refractivity contribution < 1.29 is 35.2 Å². The van der Waals surface area contributed by atoms with E-state index in [-0.39, 0.29) is 23.6 Å². The average molecular weight is 506 g/mol. The molecule has 6 nitrogen and oxygen atoms in total. The first kappa shape index (κ1) is 27.2. The Bertz CT molecular complexity index is 1170. The minimum Gasteiger partial charge on any atom is -0.346 e. The Kier molecular flexibility index (Phi) is 8.40. The van der Waals surface area contributed by atoms with Gasteiger partial charge in [0.05, 0.1) is 12.3 Å². The fourth-order valence-corrected chi connectivity index (χ4v) is 3.57. The van der Waals surface area contributed by atoms with Crippen LogP contribution >= 0.6 is 0 Å². The molecular weight excluding hydrogens is 481 g/mol. The second kappa shape index (κ2) is 10.5. The van der Waals surface area contributed by atoms with Crippen LogP contribution in [0.15, 0.2) is 30.3 Å². The van der Waals surface area contributed by atoms with Gasteiger partial charge in [0.1, 0.15) is 11.4 Å². The monoisotopic (exact) mass is 505 g/mol. The third-order valence-corrected chi connectivity index (χ3v) is 5.10. The molecule has 1 atom stereocenters. The van der Waals surface area contributed by atoms with Crippen molar-refractivity contribution in [1.29, 1.82) is 0 Å². The number of alkyl halides is 3. The van der Waals surface area contributed by atoms with Crippen molar-refractivity contribution in [3.8, 4) is 0 Å². The second-order valence-electron chi connectivity index (χ2n) is 8.13. The topological polar surface area (TPSA) is 88.2 Å². The predicted octanol–water partition coefficient (Wildman–Crippen LogP) is 4.84. The van der Waals surface area contributed by atoms with Crippen molar-refractivity contribution in [2.45, 2.75) is 39.4 Å². The van der Waals surface area contributed by atoms with Crippen LogP contribution < -0.4 is 10.0 Å². The van der Waals surface area contributed by atoms with Gasteiger partial charge in [-0.05, 0) is 54.7 Å². The van der Waals surface area contributed by atoms with Gasteiger partial charge in [-0.25, -0.2) is 22.2 Å². The van der Waals surface area contributed by atoms with E-state index in [1.54, 1.807) is 4.72 Å². The van der Waals surface area contributed by atoms with Crippen molar-refractivity contribution in [3.05, 3.63) is 64.5 Å². The van der Waals surface area contributed by atoms with Gasteiger partial charge < -0.3 is 5.32 Å². The summed E-state index contributed by atoms with van der Waals surface area (Å²) in [5.41, 5.74) is -1.32. The van der Waals surface area contributed by atoms with Crippen LogP contribution in [-0.4, -0.2) is 25.6 Å². The SMILES string of the molecule is CC(C)Cc1nc(C(F)(F)F)ccc1C=CC(=O)N[C@H](C)c1cc(F)c(NS(C)(=O)=O)c(F)c1. The van der Waals surface area contributed by atoms with E-state index in [1.807, 2.05) is 13.8 Å². The van der Waals surface area contributed by atoms with Gasteiger partial charge in [-0.15, -0.1) is 0 Å². The van der Waals surface area contributed by atoms with Crippen molar-refractivity contribution in [2.24, 2.45) is 5.92 Å². The van der Waals surface area contributed by atoms with Gasteiger partial charge in [0.2, 0.25) is 15.9 Å². The molecule has 2 aromatic rings. The first-order valence-electron chi connectivity index (χ1n) is 10.1. The van der Waals surface area contributed by atoms with E-state index in [0.29, 0.717) is 5.56 Å². The van der Waals surface area contributed by atoms with Gasteiger partial charge in [-0.2, -0.15) is 13.2 Å². The number of carbonyl (C=O) groups is 1. The molecule has 0 spiro atoms. The number of hydrogen-bond acceptors (Lipinski definition) is 4. The number of aromatic nitrogens is 1. The summed E-state index contributed by atoms with van der Waals surface area (Å²) in [6, 6.07) is 2.94. The zero-order valence-corrected chi connectivity index (χ0v) is 19.6. The molecule has 12 heteroatoms. The van der Waals surface area contributed by atoms with E-state index in [2.05, 4.69) is 10.3 Å². The number of sulfonamides is 1. The van der Waals surface area contributed by atoms with E-state index in [0.717, 1.165) is 30.5 Å². The molecule has 0 aliphatic rings. The lowest BCUT2D eigenvalue weighted by Crippen LogP contribution is -2.25. The number of rotatable bonds is 8. The lowest BCUT2D eigenvalue weighted by atomic mass is 10.0. The van der Waals surface area contributed by atoms with Crippen LogP contribution in [0.5, 0.6) is 0 Å². The summed E-state index contributed by atoms with van der Waals surface area (Å²) >= 11 is 0. The first-order chi connectivity index (χ1) is 15.6. The van der Waals surface area contributed by atoms with Gasteiger partial charge >= 0.3 is 6.18 Å². The van der Waals surface area contributed by atoms with Crippen LogP contribution in [0.25, 0.3) is 6.08 Å². The maximum absolute atomic E-state index is 14.2. The first-order valence-corrected chi connectivity index (χ1v) is 12.0. The maximum atomic E-state index is 14.2. The highest BCUT2D eigenvalue weighted by atomic mass is 32.2. The Labute approximate surface area is 194 Å². The third-order valence-electron chi connectivity index (χ3n) is 4.53. The quantitative estimate of drug-likeness (QED) is 0.397. The molecule has 0 fully saturated rings. The average Bonchev–Trinajstić information content (AvgIpc) is 2.67. The molecule has 0 radical (unpaired) electrons. The second-order valence-corrected chi connectivity index (χ2v) is 9.87. The van der Waals surface area contributed by atoms with Crippen molar-refractivity contribution >= 4 is 27.7 Å². The maximum Gasteiger partial charge on any atom is 0.433 e. The molecule has 0 unspecified atom stereocenters. The molecule has 1 amide bonds. The van der Waals surface area contributed by atoms with Crippen molar-refractivity contribution in [1.82, 2.24) is 10.3 Å². The predicted molar refractivity (Wildman–Crippen MR) is 118 cm³/mol. The molecule has 1 heterocycles. The van der Waals surface area contributed by atoms with Crippen LogP contribution in [0.1, 0.15) is 49.3 Å². The number of amides is 1. The van der Waals surface area contributed by atoms with E-state index >= 15 is 0 Å². The molecule has 186 valence electrons. The standard InChI is InChI=1S/C22H24F5N3O3S/c1-12(2)9-18-14(5-7-19(29-18)22(25,26)27)6-8-20(31)28-13(3)15-10-16(23)21(17(24)11-15)30-34(4,32)33/h5-8,10-13,30H,9H2,1-4H3,(H,28,31)/t13-/m1/s1. The van der Waals surface area contributed by atoms with Gasteiger partial charge in [-0.1, -0.05) is 19.9 Å². The minimum atomic E-state index is -4.60. The summed E-state index contributed by atoms with van der Waals surface area (Å²) < 4.78 is 91.6. The fourth-order valence-electron chi connectivity index (χ4n) is 3.01. The summed E-state index contributed by atoms with van der Waals surface area (Å²) in [6.07, 6.45) is -1.20. The van der Waals surface area contributed by atoms with E-state index in [4.69, 9.17) is 0 Å². The Morgan fingerprint density at radius 3 is 2.21 bits per heavy atom. The molecule has 2 rings (SSSR count). The van der Waals surface area contributed by atoms with Gasteiger partial charge in [-0.3, -0.25) is 9.52 Å². The van der Waals surface area contributed by atoms with Gasteiger partial charge in [0, 0.05) is 11.8 Å². The van der Waals surface area contributed by atoms with Gasteiger partial charge in [0.25, 0.3) is 0 Å². The molecule has 2 N–H and O–H groups in total. The van der Waals surface area contributed by atoms with Crippen molar-refractivity contribution in [3.63, 3.8) is 0 Å². The molecule has 0 bridgehead atoms. The molecule has 0 saturated heterocycles. The Hall–Kier alpha value is -3.02. The van der Waals surface area contributed by atoms with E-state index in [9.17, 15) is 35.2 Å².